The molecule has 0 aromatic carbocycles. The number of fused-ring (bicyclic) bond motifs is 1. The normalized spacial score (nSPS) is 29.2. The first-order chi connectivity index (χ1) is 9.28. The molecule has 3 N–H and O–H groups in total. The molecule has 2 fully saturated rings. The van der Waals surface area contributed by atoms with E-state index in [1.165, 1.54) is 43.9 Å². The maximum Gasteiger partial charge on any atom is 0.148 e. The lowest BCUT2D eigenvalue weighted by Crippen LogP contribution is -2.52. The number of likely N-dealkylation sites (tertiary alicyclic amines) is 2. The zero-order chi connectivity index (χ0) is 13.2. The lowest BCUT2D eigenvalue weighted by molar-refractivity contribution is 0.0351. The first-order valence-corrected chi connectivity index (χ1v) is 7.75. The van der Waals surface area contributed by atoms with Gasteiger partial charge >= 0.3 is 0 Å². The van der Waals surface area contributed by atoms with Crippen LogP contribution in [0.25, 0.3) is 0 Å². The second kappa shape index (κ2) is 5.70. The first kappa shape index (κ1) is 13.2. The summed E-state index contributed by atoms with van der Waals surface area (Å²) in [5, 5.41) is 5.07. The third-order valence-electron chi connectivity index (χ3n) is 4.49. The third kappa shape index (κ3) is 2.74. The van der Waals surface area contributed by atoms with Crippen molar-refractivity contribution in [2.45, 2.75) is 31.8 Å². The number of aromatic nitrogens is 2. The summed E-state index contributed by atoms with van der Waals surface area (Å²) in [6.45, 7) is 4.45. The Hall–Kier alpha value is -0.760. The highest BCUT2D eigenvalue weighted by Crippen LogP contribution is 2.30. The van der Waals surface area contributed by atoms with Crippen LogP contribution in [0.1, 0.15) is 25.0 Å². The van der Waals surface area contributed by atoms with Crippen LogP contribution in [0.2, 0.25) is 0 Å². The fraction of sp³-hybridized carbons (Fsp3) is 0.833. The molecule has 3 heterocycles. The van der Waals surface area contributed by atoms with Crippen LogP contribution in [0.4, 0.5) is 5.00 Å². The maximum atomic E-state index is 5.48. The number of hydrogen-bond acceptors (Lipinski definition) is 7. The Bertz CT molecular complexity index is 422. The topological polar surface area (TPSA) is 70.3 Å². The molecule has 0 saturated carbocycles. The minimum Gasteiger partial charge on any atom is -0.313 e. The molecule has 7 heteroatoms. The SMILES string of the molecule is CN1CCCC2CN(Cc3nnsc3NN)CCC21. The predicted octanol–water partition coefficient (Wildman–Crippen LogP) is 0.740. The molecule has 6 nitrogen and oxygen atoms in total. The monoisotopic (exact) mass is 282 g/mol. The molecule has 1 aromatic rings. The van der Waals surface area contributed by atoms with E-state index in [0.29, 0.717) is 0 Å². The second-order valence-electron chi connectivity index (χ2n) is 5.67. The second-order valence-corrected chi connectivity index (χ2v) is 6.42. The average molecular weight is 282 g/mol. The molecule has 2 atom stereocenters. The molecule has 0 aliphatic carbocycles. The first-order valence-electron chi connectivity index (χ1n) is 6.98. The van der Waals surface area contributed by atoms with Gasteiger partial charge in [-0.1, -0.05) is 4.49 Å². The summed E-state index contributed by atoms with van der Waals surface area (Å²) in [6.07, 6.45) is 3.96. The van der Waals surface area contributed by atoms with Crippen LogP contribution < -0.4 is 11.3 Å². The zero-order valence-electron chi connectivity index (χ0n) is 11.4. The van der Waals surface area contributed by atoms with Crippen molar-refractivity contribution < 1.29 is 0 Å². The van der Waals surface area contributed by atoms with Crippen LogP contribution in [0.5, 0.6) is 0 Å². The molecule has 0 bridgehead atoms. The fourth-order valence-corrected chi connectivity index (χ4v) is 3.99. The largest absolute Gasteiger partial charge is 0.313 e. The highest BCUT2D eigenvalue weighted by Gasteiger charge is 2.34. The summed E-state index contributed by atoms with van der Waals surface area (Å²) < 4.78 is 3.97. The molecule has 0 spiro atoms. The number of nitrogens with two attached hydrogens (primary N) is 1. The summed E-state index contributed by atoms with van der Waals surface area (Å²) in [6, 6.07) is 0.783. The van der Waals surface area contributed by atoms with E-state index >= 15 is 0 Å². The summed E-state index contributed by atoms with van der Waals surface area (Å²) >= 11 is 1.33. The molecule has 106 valence electrons. The van der Waals surface area contributed by atoms with E-state index in [2.05, 4.69) is 31.9 Å². The van der Waals surface area contributed by atoms with Gasteiger partial charge in [-0.05, 0) is 38.8 Å². The van der Waals surface area contributed by atoms with E-state index < -0.39 is 0 Å². The number of nitrogen functional groups attached to an aromatic ring is 1. The summed E-state index contributed by atoms with van der Waals surface area (Å²) in [5.41, 5.74) is 3.67. The maximum absolute atomic E-state index is 5.48. The van der Waals surface area contributed by atoms with E-state index in [-0.39, 0.29) is 0 Å². The Kier molecular flexibility index (Phi) is 3.97. The smallest absolute Gasteiger partial charge is 0.148 e. The van der Waals surface area contributed by atoms with Crippen molar-refractivity contribution in [3.05, 3.63) is 5.69 Å². The van der Waals surface area contributed by atoms with Crippen molar-refractivity contribution in [1.82, 2.24) is 19.4 Å². The van der Waals surface area contributed by atoms with Crippen molar-refractivity contribution >= 4 is 16.5 Å². The Morgan fingerprint density at radius 1 is 1.42 bits per heavy atom. The number of rotatable bonds is 3. The molecule has 2 aliphatic rings. The number of piperidine rings is 2. The van der Waals surface area contributed by atoms with Gasteiger partial charge in [-0.25, -0.2) is 5.84 Å². The van der Waals surface area contributed by atoms with Gasteiger partial charge in [0.25, 0.3) is 0 Å². The van der Waals surface area contributed by atoms with Gasteiger partial charge in [0.1, 0.15) is 10.7 Å². The lowest BCUT2D eigenvalue weighted by Gasteiger charge is -2.45. The molecule has 2 aliphatic heterocycles. The minimum atomic E-state index is 0.783. The van der Waals surface area contributed by atoms with Crippen LogP contribution in [0.3, 0.4) is 0 Å². The van der Waals surface area contributed by atoms with Crippen molar-refractivity contribution in [2.24, 2.45) is 11.8 Å². The average Bonchev–Trinajstić information content (AvgIpc) is 2.86. The molecule has 0 radical (unpaired) electrons. The molecule has 0 amide bonds. The summed E-state index contributed by atoms with van der Waals surface area (Å²) in [7, 11) is 2.27. The molecule has 2 saturated heterocycles. The van der Waals surface area contributed by atoms with Gasteiger partial charge in [0.2, 0.25) is 0 Å². The van der Waals surface area contributed by atoms with E-state index in [9.17, 15) is 0 Å². The summed E-state index contributed by atoms with van der Waals surface area (Å²) in [4.78, 5) is 5.04. The molecular formula is C12H22N6S. The number of nitrogens with zero attached hydrogens (tertiary/aromatic N) is 4. The number of anilines is 1. The van der Waals surface area contributed by atoms with Crippen LogP contribution in [0.15, 0.2) is 0 Å². The van der Waals surface area contributed by atoms with E-state index in [4.69, 9.17) is 5.84 Å². The number of nitrogens with one attached hydrogen (secondary N) is 1. The van der Waals surface area contributed by atoms with Gasteiger partial charge in [-0.2, -0.15) is 0 Å². The van der Waals surface area contributed by atoms with E-state index in [0.717, 1.165) is 35.7 Å². The van der Waals surface area contributed by atoms with Gasteiger partial charge < -0.3 is 10.3 Å². The van der Waals surface area contributed by atoms with Crippen LogP contribution >= 0.6 is 11.5 Å². The Morgan fingerprint density at radius 3 is 3.16 bits per heavy atom. The Labute approximate surface area is 118 Å². The highest BCUT2D eigenvalue weighted by molar-refractivity contribution is 7.10. The van der Waals surface area contributed by atoms with Gasteiger partial charge in [-0.15, -0.1) is 5.10 Å². The van der Waals surface area contributed by atoms with Gasteiger partial charge in [-0.3, -0.25) is 4.90 Å². The standard InChI is InChI=1S/C12H22N6S/c1-17-5-2-3-9-7-18(6-4-11(9)17)8-10-12(14-13)19-16-15-10/h9,11,14H,2-8,13H2,1H3. The third-order valence-corrected chi connectivity index (χ3v) is 5.19. The number of hydrazine groups is 1. The van der Waals surface area contributed by atoms with E-state index in [1.807, 2.05) is 0 Å². The molecule has 19 heavy (non-hydrogen) atoms. The fourth-order valence-electron chi connectivity index (χ4n) is 3.50. The molecule has 3 rings (SSSR count). The molecule has 2 unspecified atom stereocenters. The highest BCUT2D eigenvalue weighted by atomic mass is 32.1. The lowest BCUT2D eigenvalue weighted by atomic mass is 9.84. The van der Waals surface area contributed by atoms with Crippen LogP contribution in [-0.4, -0.2) is 52.1 Å². The van der Waals surface area contributed by atoms with Gasteiger partial charge in [0.15, 0.2) is 0 Å². The van der Waals surface area contributed by atoms with Crippen molar-refractivity contribution in [3.63, 3.8) is 0 Å². The van der Waals surface area contributed by atoms with Crippen LogP contribution in [0, 0.1) is 5.92 Å². The van der Waals surface area contributed by atoms with Gasteiger partial charge in [0, 0.05) is 37.2 Å². The quantitative estimate of drug-likeness (QED) is 0.629. The minimum absolute atomic E-state index is 0.783. The number of hydrogen-bond donors (Lipinski definition) is 2. The Balaban J connectivity index is 1.62. The summed E-state index contributed by atoms with van der Waals surface area (Å²) in [5.74, 6) is 6.29. The predicted molar refractivity (Wildman–Crippen MR) is 76.8 cm³/mol. The molecular weight excluding hydrogens is 260 g/mol. The molecule has 1 aromatic heterocycles. The van der Waals surface area contributed by atoms with E-state index in [1.54, 1.807) is 0 Å². The van der Waals surface area contributed by atoms with Crippen molar-refractivity contribution in [2.75, 3.05) is 32.1 Å². The van der Waals surface area contributed by atoms with Crippen molar-refractivity contribution in [1.29, 1.82) is 0 Å². The Morgan fingerprint density at radius 2 is 2.32 bits per heavy atom. The zero-order valence-corrected chi connectivity index (χ0v) is 12.2. The van der Waals surface area contributed by atoms with Crippen LogP contribution in [-0.2, 0) is 6.54 Å². The van der Waals surface area contributed by atoms with Crippen molar-refractivity contribution in [3.8, 4) is 0 Å². The van der Waals surface area contributed by atoms with Gasteiger partial charge in [0.05, 0.1) is 0 Å².